The summed E-state index contributed by atoms with van der Waals surface area (Å²) in [6.07, 6.45) is 5.58. The van der Waals surface area contributed by atoms with Crippen molar-refractivity contribution in [1.82, 2.24) is 20.8 Å². The lowest BCUT2D eigenvalue weighted by Crippen LogP contribution is -2.41. The highest BCUT2D eigenvalue weighted by Crippen LogP contribution is 2.32. The summed E-state index contributed by atoms with van der Waals surface area (Å²) in [6, 6.07) is 27.0. The first kappa shape index (κ1) is 31.4. The van der Waals surface area contributed by atoms with Gasteiger partial charge in [-0.25, -0.2) is 4.79 Å². The van der Waals surface area contributed by atoms with Gasteiger partial charge in [0, 0.05) is 43.9 Å². The number of nitrogens with one attached hydrogen (secondary N) is 3. The molecule has 234 valence electrons. The monoisotopic (exact) mass is 651 g/mol. The van der Waals surface area contributed by atoms with Gasteiger partial charge in [0.25, 0.3) is 11.5 Å². The Balaban J connectivity index is 1.19. The second-order valence-corrected chi connectivity index (χ2v) is 13.6. The summed E-state index contributed by atoms with van der Waals surface area (Å²) in [5.74, 6) is 1.64. The molecule has 3 heterocycles. The summed E-state index contributed by atoms with van der Waals surface area (Å²) < 4.78 is 3.80. The van der Waals surface area contributed by atoms with Crippen LogP contribution >= 0.6 is 23.5 Å². The predicted molar refractivity (Wildman–Crippen MR) is 184 cm³/mol. The van der Waals surface area contributed by atoms with Gasteiger partial charge in [-0.2, -0.15) is 9.72 Å². The van der Waals surface area contributed by atoms with Crippen LogP contribution in [0.1, 0.15) is 39.2 Å². The molecule has 2 aromatic heterocycles. The molecule has 0 aliphatic carbocycles. The third-order valence-electron chi connectivity index (χ3n) is 8.22. The SMILES string of the molecule is CCC(C)(C)C1=N[N+](c2cccc(O)c2)=C(NC(=O)NCc2ccccc2Sc2ccc3[nH]nc(-c4ccccc4SC)[n+]3c2)C1. The topological polar surface area (TPSA) is 110 Å². The first-order valence-electron chi connectivity index (χ1n) is 15.1. The summed E-state index contributed by atoms with van der Waals surface area (Å²) in [5, 5.41) is 28.8. The lowest BCUT2D eigenvalue weighted by molar-refractivity contribution is -0.502. The number of carbonyl (C=O) groups is 1. The highest BCUT2D eigenvalue weighted by atomic mass is 32.2. The molecular formula is C35H37N7O2S2+2. The number of hydrogen-bond acceptors (Lipinski definition) is 6. The number of pyridine rings is 1. The molecule has 6 rings (SSSR count). The maximum Gasteiger partial charge on any atom is 0.406 e. The number of urea groups is 1. The average Bonchev–Trinajstić information content (AvgIpc) is 3.69. The summed E-state index contributed by atoms with van der Waals surface area (Å²) in [5.41, 5.74) is 4.50. The Morgan fingerprint density at radius 3 is 2.59 bits per heavy atom. The van der Waals surface area contributed by atoms with Crippen LogP contribution in [0.4, 0.5) is 10.5 Å². The first-order valence-corrected chi connectivity index (χ1v) is 17.2. The van der Waals surface area contributed by atoms with Crippen molar-refractivity contribution in [2.24, 2.45) is 10.5 Å². The molecule has 5 aromatic rings. The molecule has 0 unspecified atom stereocenters. The van der Waals surface area contributed by atoms with Crippen molar-refractivity contribution in [1.29, 1.82) is 0 Å². The third kappa shape index (κ3) is 6.66. The summed E-state index contributed by atoms with van der Waals surface area (Å²) in [7, 11) is 0. The van der Waals surface area contributed by atoms with Gasteiger partial charge >= 0.3 is 11.9 Å². The number of aromatic amines is 1. The van der Waals surface area contributed by atoms with Gasteiger partial charge in [0.1, 0.15) is 5.75 Å². The van der Waals surface area contributed by atoms with E-state index in [0.29, 0.717) is 24.5 Å². The largest absolute Gasteiger partial charge is 0.508 e. The maximum absolute atomic E-state index is 13.3. The summed E-state index contributed by atoms with van der Waals surface area (Å²) in [6.45, 7) is 6.77. The van der Waals surface area contributed by atoms with E-state index in [1.54, 1.807) is 46.4 Å². The summed E-state index contributed by atoms with van der Waals surface area (Å²) >= 11 is 3.34. The Hall–Kier alpha value is -4.61. The van der Waals surface area contributed by atoms with Crippen LogP contribution < -0.4 is 15.0 Å². The standard InChI is InChI=1S/C35H35N7O2S2/c1-5-35(2,3)30-20-32(42(40-30)24-12-10-13-25(43)19-24)37-34(44)36-21-23-11-6-8-15-28(23)46-26-17-18-31-38-39-33(41(31)22-26)27-14-7-9-16-29(27)45-4/h6-19,22H,5,20-21H2,1-4H3,(H2,36,43,44)/p+2. The molecule has 0 saturated heterocycles. The van der Waals surface area contributed by atoms with Crippen LogP contribution in [0.25, 0.3) is 17.0 Å². The minimum absolute atomic E-state index is 0.137. The van der Waals surface area contributed by atoms with E-state index in [1.165, 1.54) is 0 Å². The van der Waals surface area contributed by atoms with E-state index < -0.39 is 0 Å². The van der Waals surface area contributed by atoms with Gasteiger partial charge in [0.15, 0.2) is 5.69 Å². The number of thioether (sulfide) groups is 1. The van der Waals surface area contributed by atoms with Crippen LogP contribution in [0.3, 0.4) is 0 Å². The number of benzene rings is 3. The molecule has 0 radical (unpaired) electrons. The lowest BCUT2D eigenvalue weighted by Gasteiger charge is -2.20. The van der Waals surface area contributed by atoms with E-state index in [1.807, 2.05) is 42.5 Å². The number of carbonyl (C=O) groups excluding carboxylic acids is 1. The molecule has 0 saturated carbocycles. The quantitative estimate of drug-likeness (QED) is 0.100. The Labute approximate surface area is 276 Å². The van der Waals surface area contributed by atoms with Crippen LogP contribution in [0.2, 0.25) is 0 Å². The first-order chi connectivity index (χ1) is 22.3. The number of fused-ring (bicyclic) bond motifs is 1. The summed E-state index contributed by atoms with van der Waals surface area (Å²) in [4.78, 5) is 16.5. The number of phenolic OH excluding ortho intramolecular Hbond substituents is 1. The van der Waals surface area contributed by atoms with Gasteiger partial charge < -0.3 is 10.4 Å². The average molecular weight is 652 g/mol. The van der Waals surface area contributed by atoms with Crippen LogP contribution in [-0.2, 0) is 6.54 Å². The molecule has 1 aliphatic rings. The molecule has 46 heavy (non-hydrogen) atoms. The van der Waals surface area contributed by atoms with Crippen LogP contribution in [-0.4, -0.2) is 43.8 Å². The highest BCUT2D eigenvalue weighted by molar-refractivity contribution is 7.99. The van der Waals surface area contributed by atoms with E-state index in [4.69, 9.17) is 5.10 Å². The normalized spacial score (nSPS) is 13.3. The molecule has 0 atom stereocenters. The smallest absolute Gasteiger partial charge is 0.406 e. The van der Waals surface area contributed by atoms with Crippen molar-refractivity contribution < 1.29 is 19.0 Å². The number of aromatic hydroxyl groups is 1. The fraction of sp³-hybridized carbons (Fsp3) is 0.229. The highest BCUT2D eigenvalue weighted by Gasteiger charge is 2.36. The van der Waals surface area contributed by atoms with Crippen molar-refractivity contribution >= 4 is 52.4 Å². The predicted octanol–water partition coefficient (Wildman–Crippen LogP) is 7.13. The minimum atomic E-state index is -0.321. The van der Waals surface area contributed by atoms with Gasteiger partial charge in [0.05, 0.1) is 23.9 Å². The van der Waals surface area contributed by atoms with E-state index in [9.17, 15) is 9.90 Å². The van der Waals surface area contributed by atoms with Crippen LogP contribution in [0.15, 0.2) is 111 Å². The molecule has 0 spiro atoms. The number of aromatic nitrogens is 3. The molecule has 2 amide bonds. The minimum Gasteiger partial charge on any atom is -0.508 e. The number of amidine groups is 1. The molecule has 1 aliphatic heterocycles. The molecule has 9 nitrogen and oxygen atoms in total. The van der Waals surface area contributed by atoms with Gasteiger partial charge in [-0.1, -0.05) is 74.0 Å². The number of hydrazone groups is 1. The zero-order valence-electron chi connectivity index (χ0n) is 26.2. The Morgan fingerprint density at radius 1 is 1.02 bits per heavy atom. The molecular weight excluding hydrogens is 615 g/mol. The molecule has 3 aromatic carbocycles. The van der Waals surface area contributed by atoms with Crippen LogP contribution in [0.5, 0.6) is 5.75 Å². The van der Waals surface area contributed by atoms with Crippen molar-refractivity contribution in [3.63, 3.8) is 0 Å². The van der Waals surface area contributed by atoms with Gasteiger partial charge in [-0.3, -0.25) is 0 Å². The molecule has 0 bridgehead atoms. The van der Waals surface area contributed by atoms with Crippen molar-refractivity contribution in [3.8, 4) is 17.1 Å². The zero-order chi connectivity index (χ0) is 32.3. The Kier molecular flexibility index (Phi) is 9.14. The number of phenols is 1. The second-order valence-electron chi connectivity index (χ2n) is 11.6. The molecule has 11 heteroatoms. The van der Waals surface area contributed by atoms with Crippen molar-refractivity contribution in [2.45, 2.75) is 54.8 Å². The molecule has 0 fully saturated rings. The fourth-order valence-electron chi connectivity index (χ4n) is 5.18. The number of amides is 2. The lowest BCUT2D eigenvalue weighted by atomic mass is 9.83. The van der Waals surface area contributed by atoms with E-state index in [2.05, 4.69) is 82.7 Å². The Morgan fingerprint density at radius 2 is 1.80 bits per heavy atom. The van der Waals surface area contributed by atoms with Gasteiger partial charge in [-0.05, 0) is 54.6 Å². The van der Waals surface area contributed by atoms with Gasteiger partial charge in [-0.15, -0.1) is 21.5 Å². The van der Waals surface area contributed by atoms with E-state index in [0.717, 1.165) is 49.4 Å². The number of rotatable bonds is 9. The second kappa shape index (κ2) is 13.4. The maximum atomic E-state index is 13.3. The third-order valence-corrected chi connectivity index (χ3v) is 10.1. The Bertz CT molecular complexity index is 1980. The van der Waals surface area contributed by atoms with Crippen molar-refractivity contribution in [3.05, 3.63) is 96.7 Å². The van der Waals surface area contributed by atoms with E-state index >= 15 is 0 Å². The van der Waals surface area contributed by atoms with E-state index in [-0.39, 0.29) is 17.2 Å². The zero-order valence-corrected chi connectivity index (χ0v) is 27.9. The van der Waals surface area contributed by atoms with Gasteiger partial charge in [0.2, 0.25) is 0 Å². The van der Waals surface area contributed by atoms with Crippen molar-refractivity contribution in [2.75, 3.05) is 6.26 Å². The van der Waals surface area contributed by atoms with Crippen LogP contribution in [0, 0.1) is 5.41 Å². The number of hydrogen-bond donors (Lipinski definition) is 4. The fourth-order valence-corrected chi connectivity index (χ4v) is 6.74. The molecule has 4 N–H and O–H groups in total. The number of nitrogens with zero attached hydrogens (tertiary/aromatic N) is 4. The number of H-pyrrole nitrogens is 1.